The molecule has 0 radical (unpaired) electrons. The van der Waals surface area contributed by atoms with Gasteiger partial charge < -0.3 is 78.1 Å². The fraction of sp³-hybridized carbons (Fsp3) is 0.729. The van der Waals surface area contributed by atoms with Crippen molar-refractivity contribution >= 4 is 70.8 Å². The molecular formula is C59H102N12O15S. The van der Waals surface area contributed by atoms with Gasteiger partial charge in [0.25, 0.3) is 0 Å². The molecule has 27 nitrogen and oxygen atoms in total. The van der Waals surface area contributed by atoms with E-state index in [4.69, 9.17) is 25.4 Å². The maximum atomic E-state index is 13.2. The quantitative estimate of drug-likeness (QED) is 0.0465. The first-order chi connectivity index (χ1) is 40.4. The van der Waals surface area contributed by atoms with Crippen molar-refractivity contribution in [2.24, 2.45) is 58.8 Å². The molecule has 10 amide bonds. The Hall–Kier alpha value is -6.94. The third kappa shape index (κ3) is 31.5. The zero-order valence-corrected chi connectivity index (χ0v) is 54.9. The molecule has 10 unspecified atom stereocenters. The summed E-state index contributed by atoms with van der Waals surface area (Å²) in [4.78, 5) is 134. The molecule has 0 aliphatic rings. The topological polar surface area (TPSA) is 417 Å². The number of hydrogen-bond acceptors (Lipinski definition) is 18. The molecule has 494 valence electrons. The number of rotatable bonds is 36. The van der Waals surface area contributed by atoms with Crippen molar-refractivity contribution in [3.63, 3.8) is 0 Å². The van der Waals surface area contributed by atoms with Gasteiger partial charge in [-0.25, -0.2) is 19.6 Å². The van der Waals surface area contributed by atoms with Crippen LogP contribution >= 0.6 is 11.3 Å². The highest BCUT2D eigenvalue weighted by Gasteiger charge is 2.35. The van der Waals surface area contributed by atoms with E-state index in [2.05, 4.69) is 52.5 Å². The predicted molar refractivity (Wildman–Crippen MR) is 326 cm³/mol. The average Bonchev–Trinajstić information content (AvgIpc) is 3.56. The highest BCUT2D eigenvalue weighted by molar-refractivity contribution is 7.09. The zero-order valence-electron chi connectivity index (χ0n) is 54.0. The van der Waals surface area contributed by atoms with Crippen LogP contribution in [0.4, 0.5) is 9.59 Å². The highest BCUT2D eigenvalue weighted by Crippen LogP contribution is 2.20. The van der Waals surface area contributed by atoms with Crippen molar-refractivity contribution in [1.82, 2.24) is 52.5 Å². The van der Waals surface area contributed by atoms with Gasteiger partial charge in [-0.2, -0.15) is 0 Å². The molecule has 2 heterocycles. The van der Waals surface area contributed by atoms with Gasteiger partial charge in [-0.3, -0.25) is 38.4 Å². The smallest absolute Gasteiger partial charge is 0.408 e. The Bertz CT molecular complexity index is 2540. The van der Waals surface area contributed by atoms with E-state index in [1.165, 1.54) is 11.3 Å². The number of thiazole rings is 1. The highest BCUT2D eigenvalue weighted by atomic mass is 32.1. The molecule has 0 aliphatic heterocycles. The van der Waals surface area contributed by atoms with E-state index in [0.29, 0.717) is 48.3 Å². The number of oxazole rings is 1. The number of nitrogens with one attached hydrogen (secondary N) is 8. The summed E-state index contributed by atoms with van der Waals surface area (Å²) in [6, 6.07) is -5.83. The summed E-state index contributed by atoms with van der Waals surface area (Å²) in [7, 11) is 0. The molecule has 2 aromatic heterocycles. The minimum atomic E-state index is -1.38. The van der Waals surface area contributed by atoms with Gasteiger partial charge in [0.2, 0.25) is 47.3 Å². The van der Waals surface area contributed by atoms with Crippen molar-refractivity contribution in [3.05, 3.63) is 33.4 Å². The molecule has 2 aromatic rings. The van der Waals surface area contributed by atoms with E-state index >= 15 is 0 Å². The number of aromatic nitrogens is 2. The zero-order chi connectivity index (χ0) is 66.6. The van der Waals surface area contributed by atoms with Crippen LogP contribution in [-0.4, -0.2) is 141 Å². The largest absolute Gasteiger partial charge is 0.446 e. The third-order valence-corrected chi connectivity index (χ3v) is 14.3. The van der Waals surface area contributed by atoms with Gasteiger partial charge >= 0.3 is 12.2 Å². The van der Waals surface area contributed by atoms with Crippen molar-refractivity contribution < 1.29 is 72.0 Å². The molecule has 28 heteroatoms. The summed E-state index contributed by atoms with van der Waals surface area (Å²) in [6.07, 6.45) is -4.55. The molecular weight excluding hydrogens is 1150 g/mol. The molecule has 14 N–H and O–H groups in total. The number of aliphatic hydroxyl groups excluding tert-OH is 2. The Balaban J connectivity index is 0.000000870. The number of nitrogens with zero attached hydrogens (tertiary/aromatic N) is 2. The molecule has 0 fully saturated rings. The van der Waals surface area contributed by atoms with Crippen LogP contribution in [0, 0.1) is 68.1 Å². The van der Waals surface area contributed by atoms with Crippen LogP contribution in [-0.2, 0) is 61.0 Å². The summed E-state index contributed by atoms with van der Waals surface area (Å²) in [5.41, 5.74) is 11.8. The molecule has 2 rings (SSSR count). The van der Waals surface area contributed by atoms with Gasteiger partial charge in [-0.1, -0.05) is 96.9 Å². The summed E-state index contributed by atoms with van der Waals surface area (Å²) in [5.74, 6) is -4.75. The first-order valence-corrected chi connectivity index (χ1v) is 30.7. The molecule has 10 atom stereocenters. The molecule has 0 saturated heterocycles. The van der Waals surface area contributed by atoms with Gasteiger partial charge in [-0.15, -0.1) is 11.3 Å². The van der Waals surface area contributed by atoms with E-state index in [9.17, 15) is 58.2 Å². The first-order valence-electron chi connectivity index (χ1n) is 29.8. The first kappa shape index (κ1) is 78.1. The lowest BCUT2D eigenvalue weighted by atomic mass is 9.91. The number of primary amides is 2. The van der Waals surface area contributed by atoms with Gasteiger partial charge in [0.1, 0.15) is 53.8 Å². The summed E-state index contributed by atoms with van der Waals surface area (Å²) in [5, 5.41) is 46.0. The molecule has 0 saturated carbocycles. The Morgan fingerprint density at radius 3 is 1.22 bits per heavy atom. The minimum Gasteiger partial charge on any atom is -0.446 e. The van der Waals surface area contributed by atoms with E-state index in [-0.39, 0.29) is 73.4 Å². The molecule has 0 bridgehead atoms. The van der Waals surface area contributed by atoms with E-state index in [1.807, 2.05) is 83.1 Å². The number of hydrogen-bond donors (Lipinski definition) is 12. The maximum absolute atomic E-state index is 13.2. The standard InChI is InChI=1S/C30H52N6O8.C29H50N6O7S/c1-15(2)10-21(24(37)11-18(7)27(39)36-26(17(5)6)29(41)32-13-16(3)4)34-28(40)22(12-25(31)38)35-30(42)43-14-23-19(8)44-20(9)33-23;1-15(2)9-20(22(36)10-18(7)26(38)35-25(17(5)6)28(40)31-12-16(3)4)33-27(39)21(11-23(30)37)34-29(41)42-13-24-32-19(8)14-43-24/h15-18,21-22,24,26,37H,10-14H2,1-9H3,(H2,31,38)(H,32,41)(H,34,40)(H,35,42)(H,36,39);14-18,20-22,25,36H,9-13H2,1-8H3,(H2,30,37)(H,31,40)(H,33,39)(H,34,41)(H,35,38). The fourth-order valence-electron chi connectivity index (χ4n) is 8.59. The Kier molecular flexibility index (Phi) is 35.0. The van der Waals surface area contributed by atoms with Crippen molar-refractivity contribution in [2.45, 2.75) is 218 Å². The fourth-order valence-corrected chi connectivity index (χ4v) is 9.27. The Morgan fingerprint density at radius 2 is 0.908 bits per heavy atom. The number of carbonyl (C=O) groups excluding carboxylic acids is 10. The van der Waals surface area contributed by atoms with Crippen LogP contribution in [0.3, 0.4) is 0 Å². The molecule has 0 aliphatic carbocycles. The van der Waals surface area contributed by atoms with Crippen LogP contribution < -0.4 is 54.0 Å². The monoisotopic (exact) mass is 1250 g/mol. The van der Waals surface area contributed by atoms with Gasteiger partial charge in [0.15, 0.2) is 5.89 Å². The van der Waals surface area contributed by atoms with Crippen LogP contribution in [0.25, 0.3) is 0 Å². The van der Waals surface area contributed by atoms with Crippen LogP contribution in [0.15, 0.2) is 9.80 Å². The molecule has 0 aromatic carbocycles. The Labute approximate surface area is 516 Å². The van der Waals surface area contributed by atoms with E-state index < -0.39 is 121 Å². The lowest BCUT2D eigenvalue weighted by Crippen LogP contribution is -2.54. The van der Waals surface area contributed by atoms with Crippen molar-refractivity contribution in [3.8, 4) is 0 Å². The second kappa shape index (κ2) is 39.1. The number of carbonyl (C=O) groups is 10. The van der Waals surface area contributed by atoms with Crippen LogP contribution in [0.2, 0.25) is 0 Å². The molecule has 0 spiro atoms. The summed E-state index contributed by atoms with van der Waals surface area (Å²) in [6.45, 7) is 31.8. The lowest BCUT2D eigenvalue weighted by Gasteiger charge is -2.30. The number of amides is 10. The minimum absolute atomic E-state index is 0.00881. The second-order valence-corrected chi connectivity index (χ2v) is 25.6. The van der Waals surface area contributed by atoms with Gasteiger partial charge in [0.05, 0.1) is 37.1 Å². The summed E-state index contributed by atoms with van der Waals surface area (Å²) >= 11 is 1.31. The number of aryl methyl sites for hydroxylation is 3. The van der Waals surface area contributed by atoms with Crippen molar-refractivity contribution in [1.29, 1.82) is 0 Å². The summed E-state index contributed by atoms with van der Waals surface area (Å²) < 4.78 is 15.6. The molecule has 87 heavy (non-hydrogen) atoms. The van der Waals surface area contributed by atoms with Crippen LogP contribution in [0.1, 0.15) is 164 Å². The van der Waals surface area contributed by atoms with Crippen LogP contribution in [0.5, 0.6) is 0 Å². The number of nitrogens with two attached hydrogens (primary N) is 2. The third-order valence-electron chi connectivity index (χ3n) is 13.3. The maximum Gasteiger partial charge on any atom is 0.408 e. The normalized spacial score (nSPS) is 14.9. The SMILES string of the molecule is Cc1csc(COC(=O)NC(CC(N)=O)C(=O)NC(CC(C)C)C(O)CC(C)C(=O)NC(C(=O)NCC(C)C)C(C)C)n1.Cc1nc(COC(=O)NC(CC(N)=O)C(=O)NC(CC(C)C)C(O)CC(C)C(=O)NC(C(=O)NCC(C)C)C(C)C)c(C)o1. The number of ether oxygens (including phenoxy) is 2. The van der Waals surface area contributed by atoms with Gasteiger partial charge in [0, 0.05) is 42.9 Å². The predicted octanol–water partition coefficient (Wildman–Crippen LogP) is 3.35. The number of aliphatic hydroxyl groups is 2. The number of alkyl carbamates (subject to hydrolysis) is 2. The van der Waals surface area contributed by atoms with Gasteiger partial charge in [-0.05, 0) is 75.0 Å². The second-order valence-electron chi connectivity index (χ2n) is 24.6. The Morgan fingerprint density at radius 1 is 0.517 bits per heavy atom. The lowest BCUT2D eigenvalue weighted by molar-refractivity contribution is -0.132. The van der Waals surface area contributed by atoms with E-state index in [1.54, 1.807) is 40.0 Å². The van der Waals surface area contributed by atoms with E-state index in [0.717, 1.165) is 5.69 Å². The average molecular weight is 1250 g/mol. The van der Waals surface area contributed by atoms with Crippen molar-refractivity contribution in [2.75, 3.05) is 13.1 Å².